The molecule has 1 aromatic carbocycles. The number of thiazole rings is 1. The third-order valence-electron chi connectivity index (χ3n) is 6.42. The molecule has 0 saturated heterocycles. The molecule has 218 valence electrons. The van der Waals surface area contributed by atoms with Gasteiger partial charge in [-0.05, 0) is 81.1 Å². The number of fused-ring (bicyclic) bond motifs is 2. The fourth-order valence-corrected chi connectivity index (χ4v) is 6.82. The summed E-state index contributed by atoms with van der Waals surface area (Å²) in [5.41, 5.74) is 5.23. The first kappa shape index (κ1) is 30.6. The number of nitrogens with zero attached hydrogens (tertiary/aromatic N) is 3. The molecule has 0 fully saturated rings. The maximum atomic E-state index is 12.6. The van der Waals surface area contributed by atoms with E-state index in [1.54, 1.807) is 27.6 Å². The molecule has 2 N–H and O–H groups in total. The van der Waals surface area contributed by atoms with Gasteiger partial charge in [0.05, 0.1) is 21.8 Å². The Kier molecular flexibility index (Phi) is 10.5. The average Bonchev–Trinajstić information content (AvgIpc) is 3.55. The van der Waals surface area contributed by atoms with E-state index in [-0.39, 0.29) is 6.09 Å². The second-order valence-corrected chi connectivity index (χ2v) is 12.9. The molecule has 41 heavy (non-hydrogen) atoms. The van der Waals surface area contributed by atoms with Crippen molar-refractivity contribution in [3.63, 3.8) is 0 Å². The molecule has 10 heteroatoms. The van der Waals surface area contributed by atoms with Gasteiger partial charge in [-0.2, -0.15) is 0 Å². The van der Waals surface area contributed by atoms with Gasteiger partial charge in [0, 0.05) is 49.4 Å². The van der Waals surface area contributed by atoms with Crippen LogP contribution in [0, 0.1) is 0 Å². The van der Waals surface area contributed by atoms with Crippen LogP contribution >= 0.6 is 22.7 Å². The van der Waals surface area contributed by atoms with Crippen molar-refractivity contribution >= 4 is 50.3 Å². The summed E-state index contributed by atoms with van der Waals surface area (Å²) in [6, 6.07) is 10.5. The number of hydrogen-bond acceptors (Lipinski definition) is 9. The number of aldehydes is 1. The van der Waals surface area contributed by atoms with E-state index in [2.05, 4.69) is 40.7 Å². The van der Waals surface area contributed by atoms with Gasteiger partial charge in [-0.25, -0.2) is 9.78 Å². The number of hydrogen-bond donors (Lipinski definition) is 2. The number of amides is 1. The zero-order chi connectivity index (χ0) is 29.4. The summed E-state index contributed by atoms with van der Waals surface area (Å²) >= 11 is 3.42. The number of anilines is 1. The van der Waals surface area contributed by atoms with Gasteiger partial charge in [0.1, 0.15) is 16.9 Å². The van der Waals surface area contributed by atoms with Crippen LogP contribution in [0.3, 0.4) is 0 Å². The average molecular weight is 594 g/mol. The Bertz CT molecular complexity index is 1460. The van der Waals surface area contributed by atoms with Gasteiger partial charge in [0.25, 0.3) is 0 Å². The van der Waals surface area contributed by atoms with Gasteiger partial charge in [-0.1, -0.05) is 13.0 Å². The van der Waals surface area contributed by atoms with Crippen LogP contribution in [0.25, 0.3) is 31.9 Å². The van der Waals surface area contributed by atoms with E-state index in [0.29, 0.717) is 19.5 Å². The van der Waals surface area contributed by atoms with Crippen molar-refractivity contribution < 1.29 is 14.3 Å². The lowest BCUT2D eigenvalue weighted by Crippen LogP contribution is -2.39. The van der Waals surface area contributed by atoms with Crippen LogP contribution in [0.1, 0.15) is 51.0 Å². The van der Waals surface area contributed by atoms with Gasteiger partial charge >= 0.3 is 6.09 Å². The Morgan fingerprint density at radius 3 is 2.59 bits per heavy atom. The number of benzene rings is 1. The van der Waals surface area contributed by atoms with E-state index in [1.165, 1.54) is 16.0 Å². The normalized spacial score (nSPS) is 12.9. The lowest BCUT2D eigenvalue weighted by molar-refractivity contribution is -0.107. The summed E-state index contributed by atoms with van der Waals surface area (Å²) < 4.78 is 6.75. The Morgan fingerprint density at radius 1 is 1.12 bits per heavy atom. The number of rotatable bonds is 8. The Labute approximate surface area is 250 Å². The second-order valence-electron chi connectivity index (χ2n) is 10.8. The van der Waals surface area contributed by atoms with Crippen LogP contribution in [-0.4, -0.2) is 59.5 Å². The molecule has 1 aliphatic heterocycles. The zero-order valence-corrected chi connectivity index (χ0v) is 26.1. The summed E-state index contributed by atoms with van der Waals surface area (Å²) in [4.78, 5) is 34.5. The number of ether oxygens (including phenoxy) is 1. The maximum Gasteiger partial charge on any atom is 0.410 e. The molecule has 0 saturated carbocycles. The van der Waals surface area contributed by atoms with Crippen molar-refractivity contribution in [1.82, 2.24) is 20.2 Å². The van der Waals surface area contributed by atoms with Gasteiger partial charge < -0.3 is 25.1 Å². The number of carbonyl (C=O) groups is 2. The molecular weight excluding hydrogens is 555 g/mol. The van der Waals surface area contributed by atoms with E-state index in [1.807, 2.05) is 52.3 Å². The summed E-state index contributed by atoms with van der Waals surface area (Å²) in [5.74, 6) is 0. The smallest absolute Gasteiger partial charge is 0.410 e. The molecule has 4 aromatic rings. The molecule has 8 nitrogen and oxygen atoms in total. The van der Waals surface area contributed by atoms with Crippen LogP contribution in [0.2, 0.25) is 0 Å². The minimum Gasteiger partial charge on any atom is -0.444 e. The van der Waals surface area contributed by atoms with Crippen molar-refractivity contribution in [1.29, 1.82) is 0 Å². The molecule has 5 rings (SSSR count). The first-order valence-corrected chi connectivity index (χ1v) is 15.6. The summed E-state index contributed by atoms with van der Waals surface area (Å²) in [7, 11) is 1.95. The molecule has 0 atom stereocenters. The summed E-state index contributed by atoms with van der Waals surface area (Å²) in [6.07, 6.45) is 6.87. The Hall–Kier alpha value is -3.34. The minimum atomic E-state index is -0.496. The highest BCUT2D eigenvalue weighted by Crippen LogP contribution is 2.45. The Balaban J connectivity index is 0.000000426. The molecule has 0 radical (unpaired) electrons. The Morgan fingerprint density at radius 2 is 1.90 bits per heavy atom. The first-order chi connectivity index (χ1) is 19.7. The van der Waals surface area contributed by atoms with Crippen molar-refractivity contribution in [3.05, 3.63) is 53.2 Å². The van der Waals surface area contributed by atoms with E-state index in [4.69, 9.17) is 9.72 Å². The third-order valence-corrected chi connectivity index (χ3v) is 8.70. The van der Waals surface area contributed by atoms with E-state index in [0.717, 1.165) is 63.6 Å². The first-order valence-electron chi connectivity index (χ1n) is 14.0. The topological polar surface area (TPSA) is 96.5 Å². The van der Waals surface area contributed by atoms with E-state index in [9.17, 15) is 9.59 Å². The molecule has 1 aliphatic rings. The number of aromatic nitrogens is 2. The summed E-state index contributed by atoms with van der Waals surface area (Å²) in [6.45, 7) is 10.9. The lowest BCUT2D eigenvalue weighted by Gasteiger charge is -2.30. The molecule has 1 amide bonds. The van der Waals surface area contributed by atoms with Gasteiger partial charge in [0.15, 0.2) is 0 Å². The van der Waals surface area contributed by atoms with Crippen molar-refractivity contribution in [2.45, 2.75) is 59.1 Å². The molecular formula is C31H39N5O3S2. The highest BCUT2D eigenvalue weighted by atomic mass is 32.1. The lowest BCUT2D eigenvalue weighted by atomic mass is 10.0. The van der Waals surface area contributed by atoms with Crippen LogP contribution in [-0.2, 0) is 22.5 Å². The largest absolute Gasteiger partial charge is 0.444 e. The highest BCUT2D eigenvalue weighted by Gasteiger charge is 2.30. The van der Waals surface area contributed by atoms with Gasteiger partial charge in [-0.3, -0.25) is 4.98 Å². The van der Waals surface area contributed by atoms with Crippen LogP contribution in [0.15, 0.2) is 42.7 Å². The van der Waals surface area contributed by atoms with E-state index >= 15 is 0 Å². The molecule has 4 heterocycles. The van der Waals surface area contributed by atoms with Crippen LogP contribution in [0.5, 0.6) is 0 Å². The quantitative estimate of drug-likeness (QED) is 0.168. The molecule has 0 bridgehead atoms. The third kappa shape index (κ3) is 7.90. The summed E-state index contributed by atoms with van der Waals surface area (Å²) in [5, 5.41) is 8.58. The maximum absolute atomic E-state index is 12.6. The van der Waals surface area contributed by atoms with Crippen LogP contribution in [0.4, 0.5) is 9.80 Å². The minimum absolute atomic E-state index is 0.252. The fourth-order valence-electron chi connectivity index (χ4n) is 4.51. The van der Waals surface area contributed by atoms with Crippen LogP contribution < -0.4 is 10.6 Å². The molecule has 0 spiro atoms. The molecule has 0 unspecified atom stereocenters. The van der Waals surface area contributed by atoms with Gasteiger partial charge in [0.2, 0.25) is 0 Å². The molecule has 0 aliphatic carbocycles. The number of pyridine rings is 1. The van der Waals surface area contributed by atoms with Crippen molar-refractivity contribution in [2.75, 3.05) is 32.0 Å². The standard InChI is InChI=1S/C25H26N4O2S2.C6H13NO/c1-25(2,3)31-24(30)29-12-9-17-20(14-29)33-22(26-4)21(17)23-28-18-13-16(5-6-19(18)32-23)15-7-10-27-11-8-15;1-2-4-7-5-3-6-8/h5-8,10-11,13,26H,9,12,14H2,1-4H3;6-7H,2-5H2,1H3. The van der Waals surface area contributed by atoms with Crippen molar-refractivity contribution in [3.8, 4) is 21.7 Å². The predicted molar refractivity (Wildman–Crippen MR) is 170 cm³/mol. The monoisotopic (exact) mass is 593 g/mol. The SMILES string of the molecule is CCCNCCC=O.CNc1sc2c(c1-c1nc3cc(-c4ccncc4)ccc3s1)CCN(C(=O)OC(C)(C)C)C2. The number of thiophene rings is 1. The predicted octanol–water partition coefficient (Wildman–Crippen LogP) is 7.00. The zero-order valence-electron chi connectivity index (χ0n) is 24.5. The van der Waals surface area contributed by atoms with Crippen molar-refractivity contribution in [2.24, 2.45) is 0 Å². The number of carbonyl (C=O) groups excluding carboxylic acids is 2. The number of nitrogens with one attached hydrogen (secondary N) is 2. The highest BCUT2D eigenvalue weighted by molar-refractivity contribution is 7.22. The fraction of sp³-hybridized carbons (Fsp3) is 0.419. The van der Waals surface area contributed by atoms with E-state index < -0.39 is 5.60 Å². The molecule has 3 aromatic heterocycles. The van der Waals surface area contributed by atoms with Gasteiger partial charge in [-0.15, -0.1) is 22.7 Å². The second kappa shape index (κ2) is 14.0.